The maximum absolute atomic E-state index is 11.9. The summed E-state index contributed by atoms with van der Waals surface area (Å²) in [5.74, 6) is 0.598. The molecule has 0 spiro atoms. The van der Waals surface area contributed by atoms with Crippen LogP contribution in [0.1, 0.15) is 5.56 Å². The number of ether oxygens (including phenoxy) is 1. The molecule has 1 N–H and O–H groups in total. The Kier molecular flexibility index (Phi) is 7.81. The fourth-order valence-corrected chi connectivity index (χ4v) is 2.37. The summed E-state index contributed by atoms with van der Waals surface area (Å²) in [5.41, 5.74) is 2.05. The number of carbonyl (C=O) groups excluding carboxylic acids is 1. The normalized spacial score (nSPS) is 11.3. The van der Waals surface area contributed by atoms with Gasteiger partial charge in [0.15, 0.2) is 5.96 Å². The second-order valence-corrected chi connectivity index (χ2v) is 6.33. The Morgan fingerprint density at radius 3 is 2.67 bits per heavy atom. The van der Waals surface area contributed by atoms with Crippen LogP contribution in [0.15, 0.2) is 47.7 Å². The minimum atomic E-state index is -0.0497. The first-order valence-corrected chi connectivity index (χ1v) is 8.78. The maximum Gasteiger partial charge on any atom is 0.243 e. The maximum atomic E-state index is 11.9. The largest absolute Gasteiger partial charge is 0.383 e. The number of aromatic nitrogens is 2. The molecule has 8 heteroatoms. The summed E-state index contributed by atoms with van der Waals surface area (Å²) >= 11 is 0. The molecule has 1 aromatic carbocycles. The Morgan fingerprint density at radius 2 is 2.00 bits per heavy atom. The number of amides is 1. The van der Waals surface area contributed by atoms with Crippen molar-refractivity contribution in [3.63, 3.8) is 0 Å². The number of nitrogens with zero attached hydrogens (tertiary/aromatic N) is 5. The van der Waals surface area contributed by atoms with Crippen molar-refractivity contribution in [2.24, 2.45) is 4.99 Å². The molecule has 8 nitrogen and oxygen atoms in total. The number of guanidine groups is 1. The fraction of sp³-hybridized carbons (Fsp3) is 0.421. The minimum Gasteiger partial charge on any atom is -0.383 e. The highest BCUT2D eigenvalue weighted by Gasteiger charge is 2.11. The molecule has 2 aromatic rings. The highest BCUT2D eigenvalue weighted by molar-refractivity contribution is 5.84. The third-order valence-corrected chi connectivity index (χ3v) is 3.89. The molecule has 27 heavy (non-hydrogen) atoms. The van der Waals surface area contributed by atoms with E-state index in [1.54, 1.807) is 21.2 Å². The summed E-state index contributed by atoms with van der Waals surface area (Å²) in [7, 11) is 7.02. The van der Waals surface area contributed by atoms with Gasteiger partial charge in [-0.05, 0) is 12.1 Å². The molecule has 146 valence electrons. The van der Waals surface area contributed by atoms with Crippen molar-refractivity contribution >= 4 is 11.9 Å². The van der Waals surface area contributed by atoms with Gasteiger partial charge in [-0.3, -0.25) is 4.79 Å². The van der Waals surface area contributed by atoms with Gasteiger partial charge in [-0.1, -0.05) is 18.2 Å². The molecule has 0 aliphatic carbocycles. The van der Waals surface area contributed by atoms with Gasteiger partial charge in [0.25, 0.3) is 0 Å². The van der Waals surface area contributed by atoms with E-state index in [-0.39, 0.29) is 12.5 Å². The van der Waals surface area contributed by atoms with Crippen molar-refractivity contribution in [2.75, 3.05) is 47.9 Å². The van der Waals surface area contributed by atoms with E-state index in [9.17, 15) is 4.79 Å². The molecule has 0 radical (unpaired) electrons. The molecule has 0 saturated carbocycles. The van der Waals surface area contributed by atoms with Crippen LogP contribution in [-0.2, 0) is 16.1 Å². The Bertz CT molecular complexity index is 742. The lowest BCUT2D eigenvalue weighted by atomic mass is 10.3. The lowest BCUT2D eigenvalue weighted by molar-refractivity contribution is -0.127. The van der Waals surface area contributed by atoms with Gasteiger partial charge >= 0.3 is 0 Å². The van der Waals surface area contributed by atoms with Gasteiger partial charge in [-0.15, -0.1) is 0 Å². The van der Waals surface area contributed by atoms with Crippen LogP contribution in [0.5, 0.6) is 0 Å². The van der Waals surface area contributed by atoms with Crippen molar-refractivity contribution in [3.8, 4) is 5.69 Å². The van der Waals surface area contributed by atoms with E-state index < -0.39 is 0 Å². The number of benzene rings is 1. The second-order valence-electron chi connectivity index (χ2n) is 6.33. The molecule has 0 aliphatic heterocycles. The van der Waals surface area contributed by atoms with E-state index >= 15 is 0 Å². The third kappa shape index (κ3) is 6.41. The molecule has 0 fully saturated rings. The summed E-state index contributed by atoms with van der Waals surface area (Å²) in [4.78, 5) is 19.8. The second kappa shape index (κ2) is 10.3. The smallest absolute Gasteiger partial charge is 0.243 e. The van der Waals surface area contributed by atoms with Crippen molar-refractivity contribution in [1.29, 1.82) is 0 Å². The minimum absolute atomic E-state index is 0.0497. The lowest BCUT2D eigenvalue weighted by Crippen LogP contribution is -2.40. The van der Waals surface area contributed by atoms with Crippen LogP contribution in [0.25, 0.3) is 5.69 Å². The van der Waals surface area contributed by atoms with Crippen LogP contribution >= 0.6 is 0 Å². The summed E-state index contributed by atoms with van der Waals surface area (Å²) in [6.07, 6.45) is 3.82. The summed E-state index contributed by atoms with van der Waals surface area (Å²) in [6, 6.07) is 9.95. The number of likely N-dealkylation sites (N-methyl/N-ethyl adjacent to an activating group) is 1. The van der Waals surface area contributed by atoms with Crippen LogP contribution in [0.4, 0.5) is 0 Å². The Labute approximate surface area is 160 Å². The Hall–Kier alpha value is -2.87. The summed E-state index contributed by atoms with van der Waals surface area (Å²) in [6.45, 7) is 1.87. The van der Waals surface area contributed by atoms with Gasteiger partial charge in [-0.25, -0.2) is 9.67 Å². The molecule has 1 amide bonds. The van der Waals surface area contributed by atoms with Gasteiger partial charge in [0.05, 0.1) is 18.5 Å². The zero-order valence-corrected chi connectivity index (χ0v) is 16.4. The SMILES string of the molecule is COCCNC(=NCC(=O)N(C)C)N(C)Cc1cnn(-c2ccccc2)c1. The molecule has 0 bridgehead atoms. The molecule has 0 aliphatic rings. The van der Waals surface area contributed by atoms with Crippen molar-refractivity contribution in [1.82, 2.24) is 24.9 Å². The number of carbonyl (C=O) groups is 1. The lowest BCUT2D eigenvalue weighted by Gasteiger charge is -2.22. The van der Waals surface area contributed by atoms with E-state index in [1.807, 2.05) is 59.4 Å². The van der Waals surface area contributed by atoms with Crippen LogP contribution in [0.2, 0.25) is 0 Å². The molecule has 0 unspecified atom stereocenters. The molecular formula is C19H28N6O2. The number of aliphatic imine (C=N–C) groups is 1. The first kappa shape index (κ1) is 20.4. The number of hydrogen-bond donors (Lipinski definition) is 1. The van der Waals surface area contributed by atoms with Crippen LogP contribution in [0.3, 0.4) is 0 Å². The quantitative estimate of drug-likeness (QED) is 0.425. The third-order valence-electron chi connectivity index (χ3n) is 3.89. The molecule has 2 rings (SSSR count). The Morgan fingerprint density at radius 1 is 1.26 bits per heavy atom. The number of hydrogen-bond acceptors (Lipinski definition) is 4. The van der Waals surface area contributed by atoms with Gasteiger partial charge in [0.1, 0.15) is 6.54 Å². The van der Waals surface area contributed by atoms with Crippen LogP contribution in [0, 0.1) is 0 Å². The molecule has 1 aromatic heterocycles. The topological polar surface area (TPSA) is 75.0 Å². The van der Waals surface area contributed by atoms with Crippen molar-refractivity contribution in [3.05, 3.63) is 48.3 Å². The van der Waals surface area contributed by atoms with Crippen LogP contribution < -0.4 is 5.32 Å². The van der Waals surface area contributed by atoms with E-state index in [0.717, 1.165) is 11.3 Å². The zero-order valence-electron chi connectivity index (χ0n) is 16.4. The van der Waals surface area contributed by atoms with Crippen molar-refractivity contribution in [2.45, 2.75) is 6.54 Å². The Balaban J connectivity index is 2.05. The van der Waals surface area contributed by atoms with Gasteiger partial charge in [0.2, 0.25) is 5.91 Å². The van der Waals surface area contributed by atoms with E-state index in [1.165, 1.54) is 4.90 Å². The molecule has 0 saturated heterocycles. The fourth-order valence-electron chi connectivity index (χ4n) is 2.37. The highest BCUT2D eigenvalue weighted by atomic mass is 16.5. The predicted octanol–water partition coefficient (Wildman–Crippen LogP) is 0.984. The first-order valence-electron chi connectivity index (χ1n) is 8.78. The standard InChI is InChI=1S/C19H28N6O2/c1-23(2)18(26)13-21-19(20-10-11-27-4)24(3)14-16-12-22-25(15-16)17-8-6-5-7-9-17/h5-9,12,15H,10-11,13-14H2,1-4H3,(H,20,21). The number of rotatable bonds is 8. The van der Waals surface area contributed by atoms with E-state index in [4.69, 9.17) is 4.74 Å². The van der Waals surface area contributed by atoms with Crippen molar-refractivity contribution < 1.29 is 9.53 Å². The number of nitrogens with one attached hydrogen (secondary N) is 1. The van der Waals surface area contributed by atoms with E-state index in [0.29, 0.717) is 25.7 Å². The average molecular weight is 372 g/mol. The van der Waals surface area contributed by atoms with E-state index in [2.05, 4.69) is 15.4 Å². The van der Waals surface area contributed by atoms with Crippen LogP contribution in [-0.4, -0.2) is 79.4 Å². The number of para-hydroxylation sites is 1. The van der Waals surface area contributed by atoms with Gasteiger partial charge < -0.3 is 19.9 Å². The highest BCUT2D eigenvalue weighted by Crippen LogP contribution is 2.09. The first-order chi connectivity index (χ1) is 13.0. The molecular weight excluding hydrogens is 344 g/mol. The predicted molar refractivity (Wildman–Crippen MR) is 106 cm³/mol. The molecule has 0 atom stereocenters. The molecule has 1 heterocycles. The monoisotopic (exact) mass is 372 g/mol. The van der Waals surface area contributed by atoms with Gasteiger partial charge in [0, 0.05) is 53.1 Å². The zero-order chi connectivity index (χ0) is 19.6. The average Bonchev–Trinajstić information content (AvgIpc) is 3.13. The summed E-state index contributed by atoms with van der Waals surface area (Å²) in [5, 5.41) is 7.65. The van der Waals surface area contributed by atoms with Gasteiger partial charge in [-0.2, -0.15) is 5.10 Å². The summed E-state index contributed by atoms with van der Waals surface area (Å²) < 4.78 is 6.92. The number of methoxy groups -OCH3 is 1.